The van der Waals surface area contributed by atoms with Gasteiger partial charge < -0.3 is 0 Å². The number of hydrogen-bond donors (Lipinski definition) is 0. The van der Waals surface area contributed by atoms with Crippen molar-refractivity contribution in [2.45, 2.75) is 71.5 Å². The first-order valence-electron chi connectivity index (χ1n) is 10.7. The van der Waals surface area contributed by atoms with E-state index in [1.165, 1.54) is 30.4 Å². The molecule has 2 aromatic rings. The first-order valence-corrected chi connectivity index (χ1v) is 14.2. The van der Waals surface area contributed by atoms with Crippen LogP contribution >= 0.6 is 0 Å². The van der Waals surface area contributed by atoms with E-state index in [0.29, 0.717) is 6.42 Å². The molecule has 0 aliphatic heterocycles. The molecule has 0 radical (unpaired) electrons. The number of aryl methyl sites for hydroxylation is 1. The van der Waals surface area contributed by atoms with E-state index >= 15 is 0 Å². The summed E-state index contributed by atoms with van der Waals surface area (Å²) in [6.07, 6.45) is 7.69. The van der Waals surface area contributed by atoms with E-state index in [-0.39, 0.29) is 11.7 Å². The molecule has 0 aromatic heterocycles. The smallest absolute Gasteiger partial charge is 0.163 e. The average Bonchev–Trinajstić information content (AvgIpc) is 2.67. The van der Waals surface area contributed by atoms with Crippen LogP contribution in [0.5, 0.6) is 0 Å². The Labute approximate surface area is 172 Å². The largest absolute Gasteiger partial charge is 0.294 e. The molecule has 2 rings (SSSR count). The number of unbranched alkanes of at least 4 members (excludes halogenated alkanes) is 1. The van der Waals surface area contributed by atoms with Gasteiger partial charge in [-0.2, -0.15) is 0 Å². The Morgan fingerprint density at radius 1 is 1.00 bits per heavy atom. The van der Waals surface area contributed by atoms with Gasteiger partial charge in [0.05, 0.1) is 8.07 Å². The molecule has 0 heterocycles. The Balaban J connectivity index is 2.26. The fourth-order valence-corrected chi connectivity index (χ4v) is 5.23. The molecule has 0 spiro atoms. The zero-order chi connectivity index (χ0) is 20.6. The molecule has 1 atom stereocenters. The topological polar surface area (TPSA) is 17.1 Å². The van der Waals surface area contributed by atoms with Crippen molar-refractivity contribution >= 4 is 13.9 Å². The van der Waals surface area contributed by atoms with Crippen molar-refractivity contribution in [1.82, 2.24) is 0 Å². The monoisotopic (exact) mass is 392 g/mol. The van der Waals surface area contributed by atoms with Crippen LogP contribution in [0.25, 0.3) is 0 Å². The van der Waals surface area contributed by atoms with Gasteiger partial charge in [-0.1, -0.05) is 111 Å². The highest BCUT2D eigenvalue weighted by Crippen LogP contribution is 2.29. The summed E-state index contributed by atoms with van der Waals surface area (Å²) in [6.45, 7) is 11.7. The van der Waals surface area contributed by atoms with Gasteiger partial charge in [0.25, 0.3) is 0 Å². The molecule has 2 heteroatoms. The summed E-state index contributed by atoms with van der Waals surface area (Å²) in [5, 5.41) is 1.65. The van der Waals surface area contributed by atoms with Gasteiger partial charge in [0, 0.05) is 12.0 Å². The van der Waals surface area contributed by atoms with Gasteiger partial charge in [0.2, 0.25) is 0 Å². The van der Waals surface area contributed by atoms with Gasteiger partial charge in [0.1, 0.15) is 0 Å². The number of carbonyl (C=O) groups excluding carboxylic acids is 1. The average molecular weight is 393 g/mol. The van der Waals surface area contributed by atoms with Crippen LogP contribution < -0.4 is 0 Å². The minimum absolute atomic E-state index is 0.237. The quantitative estimate of drug-likeness (QED) is 0.298. The molecule has 0 N–H and O–H groups in total. The van der Waals surface area contributed by atoms with Gasteiger partial charge in [-0.3, -0.25) is 4.79 Å². The molecule has 0 saturated carbocycles. The SMILES string of the molecule is CCCC/C(=C\CC(CC(=O)c1ccccc1)c1ccc(C)cc1)[Si](C)(C)C. The summed E-state index contributed by atoms with van der Waals surface area (Å²) >= 11 is 0. The Bertz CT molecular complexity index is 766. The minimum atomic E-state index is -1.33. The molecule has 0 bridgehead atoms. The van der Waals surface area contributed by atoms with Crippen molar-refractivity contribution in [3.8, 4) is 0 Å². The molecular formula is C26H36OSi. The standard InChI is InChI=1S/C26H36OSi/c1-6-7-13-25(28(3,4)5)19-18-24(22-16-14-21(2)15-17-22)20-26(27)23-11-9-8-10-12-23/h8-12,14-17,19,24H,6-7,13,18,20H2,1-5H3/b25-19+. The second-order valence-electron chi connectivity index (χ2n) is 8.92. The second kappa shape index (κ2) is 10.6. The summed E-state index contributed by atoms with van der Waals surface area (Å²) in [4.78, 5) is 12.9. The zero-order valence-corrected chi connectivity index (χ0v) is 19.3. The predicted molar refractivity (Wildman–Crippen MR) is 125 cm³/mol. The first kappa shape index (κ1) is 22.4. The lowest BCUT2D eigenvalue weighted by atomic mass is 9.88. The number of allylic oxidation sites excluding steroid dienone is 2. The van der Waals surface area contributed by atoms with E-state index in [4.69, 9.17) is 0 Å². The summed E-state index contributed by atoms with van der Waals surface area (Å²) in [5.74, 6) is 0.476. The Kier molecular flexibility index (Phi) is 8.44. The second-order valence-corrected chi connectivity index (χ2v) is 14.1. The number of benzene rings is 2. The molecule has 0 fully saturated rings. The maximum atomic E-state index is 12.9. The molecule has 2 aromatic carbocycles. The highest BCUT2D eigenvalue weighted by Gasteiger charge is 2.21. The van der Waals surface area contributed by atoms with Crippen molar-refractivity contribution < 1.29 is 4.79 Å². The Hall–Kier alpha value is -1.93. The van der Waals surface area contributed by atoms with Crippen LogP contribution in [0.15, 0.2) is 65.9 Å². The fourth-order valence-electron chi connectivity index (χ4n) is 3.58. The lowest BCUT2D eigenvalue weighted by molar-refractivity contribution is 0.0973. The van der Waals surface area contributed by atoms with E-state index < -0.39 is 8.07 Å². The molecule has 28 heavy (non-hydrogen) atoms. The third-order valence-electron chi connectivity index (χ3n) is 5.49. The van der Waals surface area contributed by atoms with Crippen LogP contribution in [-0.2, 0) is 0 Å². The zero-order valence-electron chi connectivity index (χ0n) is 18.3. The molecule has 1 nitrogen and oxygen atoms in total. The van der Waals surface area contributed by atoms with Gasteiger partial charge >= 0.3 is 0 Å². The Morgan fingerprint density at radius 3 is 2.21 bits per heavy atom. The molecular weight excluding hydrogens is 356 g/mol. The minimum Gasteiger partial charge on any atom is -0.294 e. The van der Waals surface area contributed by atoms with Crippen LogP contribution in [0.1, 0.15) is 66.4 Å². The normalized spacial score (nSPS) is 13.4. The van der Waals surface area contributed by atoms with Gasteiger partial charge in [-0.15, -0.1) is 0 Å². The number of ketones is 1. The van der Waals surface area contributed by atoms with E-state index in [1.807, 2.05) is 30.3 Å². The van der Waals surface area contributed by atoms with Crippen molar-refractivity contribution in [1.29, 1.82) is 0 Å². The number of hydrogen-bond acceptors (Lipinski definition) is 1. The maximum Gasteiger partial charge on any atom is 0.163 e. The lowest BCUT2D eigenvalue weighted by Gasteiger charge is -2.23. The third-order valence-corrected chi connectivity index (χ3v) is 7.87. The van der Waals surface area contributed by atoms with Crippen molar-refractivity contribution in [3.05, 3.63) is 82.6 Å². The third kappa shape index (κ3) is 6.90. The predicted octanol–water partition coefficient (Wildman–Crippen LogP) is 7.74. The number of Topliss-reactive ketones (excluding diaryl/α,β-unsaturated/α-hetero) is 1. The van der Waals surface area contributed by atoms with Crippen LogP contribution in [0.4, 0.5) is 0 Å². The highest BCUT2D eigenvalue weighted by atomic mass is 28.3. The van der Waals surface area contributed by atoms with E-state index in [1.54, 1.807) is 5.20 Å². The Morgan fingerprint density at radius 2 is 1.64 bits per heavy atom. The van der Waals surface area contributed by atoms with E-state index in [0.717, 1.165) is 12.0 Å². The molecule has 0 saturated heterocycles. The summed E-state index contributed by atoms with van der Waals surface area (Å²) in [6, 6.07) is 18.4. The van der Waals surface area contributed by atoms with E-state index in [2.05, 4.69) is 63.8 Å². The van der Waals surface area contributed by atoms with Gasteiger partial charge in [0.15, 0.2) is 5.78 Å². The van der Waals surface area contributed by atoms with Crippen molar-refractivity contribution in [2.24, 2.45) is 0 Å². The van der Waals surface area contributed by atoms with Crippen LogP contribution in [0.2, 0.25) is 19.6 Å². The fraction of sp³-hybridized carbons (Fsp3) is 0.423. The van der Waals surface area contributed by atoms with Crippen LogP contribution in [0.3, 0.4) is 0 Å². The molecule has 1 unspecified atom stereocenters. The lowest BCUT2D eigenvalue weighted by Crippen LogP contribution is -2.24. The van der Waals surface area contributed by atoms with Crippen LogP contribution in [0, 0.1) is 6.92 Å². The molecule has 0 aliphatic rings. The maximum absolute atomic E-state index is 12.9. The summed E-state index contributed by atoms with van der Waals surface area (Å²) < 4.78 is 0. The first-order chi connectivity index (χ1) is 13.3. The molecule has 150 valence electrons. The van der Waals surface area contributed by atoms with Gasteiger partial charge in [-0.25, -0.2) is 0 Å². The summed E-state index contributed by atoms with van der Waals surface area (Å²) in [5.41, 5.74) is 3.36. The van der Waals surface area contributed by atoms with Gasteiger partial charge in [-0.05, 0) is 31.2 Å². The van der Waals surface area contributed by atoms with Crippen molar-refractivity contribution in [2.75, 3.05) is 0 Å². The highest BCUT2D eigenvalue weighted by molar-refractivity contribution is 6.83. The summed E-state index contributed by atoms with van der Waals surface area (Å²) in [7, 11) is -1.33. The van der Waals surface area contributed by atoms with Crippen molar-refractivity contribution in [3.63, 3.8) is 0 Å². The molecule has 0 amide bonds. The number of rotatable bonds is 10. The number of carbonyl (C=O) groups is 1. The van der Waals surface area contributed by atoms with E-state index in [9.17, 15) is 4.79 Å². The van der Waals surface area contributed by atoms with Crippen LogP contribution in [-0.4, -0.2) is 13.9 Å². The molecule has 0 aliphatic carbocycles.